The van der Waals surface area contributed by atoms with Crippen LogP contribution in [0, 0.1) is 5.82 Å². The summed E-state index contributed by atoms with van der Waals surface area (Å²) in [6.07, 6.45) is 2.08. The van der Waals surface area contributed by atoms with Crippen molar-refractivity contribution in [2.75, 3.05) is 19.6 Å². The molecular weight excluding hydrogens is 233 g/mol. The van der Waals surface area contributed by atoms with Crippen molar-refractivity contribution in [3.8, 4) is 0 Å². The first-order valence-electron chi connectivity index (χ1n) is 4.83. The number of sulfonamides is 1. The summed E-state index contributed by atoms with van der Waals surface area (Å²) in [6.45, 7) is 2.40. The Hall–Kier alpha value is -1.05. The van der Waals surface area contributed by atoms with E-state index in [1.807, 2.05) is 0 Å². The van der Waals surface area contributed by atoms with Gasteiger partial charge >= 0.3 is 0 Å². The number of likely N-dealkylation sites (N-methyl/N-ethyl adjacent to an activating group) is 1. The van der Waals surface area contributed by atoms with Gasteiger partial charge in [0.2, 0.25) is 10.0 Å². The molecule has 1 aromatic rings. The molecule has 1 aromatic heterocycles. The minimum Gasteiger partial charge on any atom is -0.329 e. The van der Waals surface area contributed by atoms with E-state index in [9.17, 15) is 12.8 Å². The molecule has 0 aliphatic carbocycles. The predicted molar refractivity (Wildman–Crippen MR) is 57.7 cm³/mol. The number of pyridine rings is 1. The summed E-state index contributed by atoms with van der Waals surface area (Å²) in [5, 5.41) is 0. The molecule has 0 aliphatic rings. The van der Waals surface area contributed by atoms with Crippen molar-refractivity contribution < 1.29 is 12.8 Å². The summed E-state index contributed by atoms with van der Waals surface area (Å²) in [4.78, 5) is 3.37. The Bertz CT molecular complexity index is 450. The zero-order valence-corrected chi connectivity index (χ0v) is 9.74. The van der Waals surface area contributed by atoms with Gasteiger partial charge in [0.1, 0.15) is 10.7 Å². The average molecular weight is 247 g/mol. The van der Waals surface area contributed by atoms with Crippen LogP contribution in [-0.4, -0.2) is 37.3 Å². The van der Waals surface area contributed by atoms with Crippen LogP contribution in [0.3, 0.4) is 0 Å². The maximum atomic E-state index is 12.9. The normalized spacial score (nSPS) is 12.0. The first-order valence-corrected chi connectivity index (χ1v) is 6.27. The highest BCUT2D eigenvalue weighted by atomic mass is 32.2. The Morgan fingerprint density at radius 1 is 1.50 bits per heavy atom. The van der Waals surface area contributed by atoms with Gasteiger partial charge in [0.15, 0.2) is 0 Å². The topological polar surface area (TPSA) is 76.3 Å². The van der Waals surface area contributed by atoms with Gasteiger partial charge in [0.25, 0.3) is 0 Å². The van der Waals surface area contributed by atoms with E-state index < -0.39 is 15.8 Å². The first-order chi connectivity index (χ1) is 7.52. The minimum atomic E-state index is -3.68. The molecule has 0 spiro atoms. The van der Waals surface area contributed by atoms with E-state index in [1.54, 1.807) is 6.92 Å². The Morgan fingerprint density at radius 3 is 2.69 bits per heavy atom. The van der Waals surface area contributed by atoms with Gasteiger partial charge in [-0.05, 0) is 6.07 Å². The summed E-state index contributed by atoms with van der Waals surface area (Å²) < 4.78 is 38.0. The van der Waals surface area contributed by atoms with Crippen LogP contribution in [0.4, 0.5) is 4.39 Å². The summed E-state index contributed by atoms with van der Waals surface area (Å²) >= 11 is 0. The first kappa shape index (κ1) is 13.0. The van der Waals surface area contributed by atoms with E-state index in [4.69, 9.17) is 5.73 Å². The Labute approximate surface area is 94.1 Å². The lowest BCUT2D eigenvalue weighted by Crippen LogP contribution is -2.35. The average Bonchev–Trinajstić information content (AvgIpc) is 2.25. The van der Waals surface area contributed by atoms with Gasteiger partial charge in [-0.15, -0.1) is 0 Å². The summed E-state index contributed by atoms with van der Waals surface area (Å²) in [5.74, 6) is -0.676. The quantitative estimate of drug-likeness (QED) is 0.806. The van der Waals surface area contributed by atoms with Gasteiger partial charge in [-0.3, -0.25) is 4.98 Å². The molecular formula is C9H14FN3O2S. The van der Waals surface area contributed by atoms with E-state index in [-0.39, 0.29) is 24.5 Å². The molecule has 0 aromatic carbocycles. The number of halogens is 1. The van der Waals surface area contributed by atoms with Gasteiger partial charge in [-0.25, -0.2) is 12.8 Å². The van der Waals surface area contributed by atoms with E-state index >= 15 is 0 Å². The molecule has 0 saturated heterocycles. The molecule has 0 saturated carbocycles. The predicted octanol–water partition coefficient (Wildman–Crippen LogP) is 0.190. The monoisotopic (exact) mass is 247 g/mol. The molecule has 0 amide bonds. The molecule has 2 N–H and O–H groups in total. The van der Waals surface area contributed by atoms with Gasteiger partial charge in [0.05, 0.1) is 6.20 Å². The molecule has 0 fully saturated rings. The second-order valence-electron chi connectivity index (χ2n) is 3.12. The van der Waals surface area contributed by atoms with Crippen molar-refractivity contribution in [3.63, 3.8) is 0 Å². The van der Waals surface area contributed by atoms with Crippen molar-refractivity contribution in [1.29, 1.82) is 0 Å². The summed E-state index contributed by atoms with van der Waals surface area (Å²) in [6, 6.07) is 0.946. The standard InChI is InChI=1S/C9H14FN3O2S/c1-2-13(4-3-11)16(14,15)9-5-8(10)6-12-7-9/h5-7H,2-4,11H2,1H3. The second kappa shape index (κ2) is 5.33. The van der Waals surface area contributed by atoms with Gasteiger partial charge in [-0.1, -0.05) is 6.92 Å². The van der Waals surface area contributed by atoms with Crippen molar-refractivity contribution in [1.82, 2.24) is 9.29 Å². The maximum absolute atomic E-state index is 12.9. The second-order valence-corrected chi connectivity index (χ2v) is 5.06. The molecule has 0 unspecified atom stereocenters. The summed E-state index contributed by atoms with van der Waals surface area (Å²) in [7, 11) is -3.68. The van der Waals surface area contributed by atoms with Crippen LogP contribution in [0.1, 0.15) is 6.92 Å². The van der Waals surface area contributed by atoms with Crippen molar-refractivity contribution in [3.05, 3.63) is 24.3 Å². The molecule has 90 valence electrons. The van der Waals surface area contributed by atoms with Crippen LogP contribution in [0.2, 0.25) is 0 Å². The highest BCUT2D eigenvalue weighted by molar-refractivity contribution is 7.89. The fraction of sp³-hybridized carbons (Fsp3) is 0.444. The van der Waals surface area contributed by atoms with Crippen LogP contribution < -0.4 is 5.73 Å². The number of hydrogen-bond acceptors (Lipinski definition) is 4. The lowest BCUT2D eigenvalue weighted by Gasteiger charge is -2.19. The van der Waals surface area contributed by atoms with E-state index in [0.29, 0.717) is 0 Å². The van der Waals surface area contributed by atoms with Crippen LogP contribution in [0.5, 0.6) is 0 Å². The highest BCUT2D eigenvalue weighted by Gasteiger charge is 2.22. The van der Waals surface area contributed by atoms with Gasteiger partial charge in [-0.2, -0.15) is 4.31 Å². The van der Waals surface area contributed by atoms with Crippen LogP contribution in [-0.2, 0) is 10.0 Å². The third kappa shape index (κ3) is 2.75. The maximum Gasteiger partial charge on any atom is 0.244 e. The zero-order chi connectivity index (χ0) is 12.2. The van der Waals surface area contributed by atoms with E-state index in [1.165, 1.54) is 4.31 Å². The number of rotatable bonds is 5. The third-order valence-corrected chi connectivity index (χ3v) is 3.99. The van der Waals surface area contributed by atoms with Crippen molar-refractivity contribution >= 4 is 10.0 Å². The smallest absolute Gasteiger partial charge is 0.244 e. The fourth-order valence-electron chi connectivity index (χ4n) is 1.27. The van der Waals surface area contributed by atoms with E-state index in [2.05, 4.69) is 4.98 Å². The molecule has 0 atom stereocenters. The van der Waals surface area contributed by atoms with Gasteiger partial charge in [0, 0.05) is 25.8 Å². The Balaban J connectivity index is 3.09. The molecule has 0 radical (unpaired) electrons. The van der Waals surface area contributed by atoms with Gasteiger partial charge < -0.3 is 5.73 Å². The molecule has 0 aliphatic heterocycles. The molecule has 1 heterocycles. The minimum absolute atomic E-state index is 0.150. The van der Waals surface area contributed by atoms with Crippen molar-refractivity contribution in [2.45, 2.75) is 11.8 Å². The van der Waals surface area contributed by atoms with E-state index in [0.717, 1.165) is 18.5 Å². The Morgan fingerprint density at radius 2 is 2.19 bits per heavy atom. The molecule has 0 bridgehead atoms. The van der Waals surface area contributed by atoms with Crippen LogP contribution in [0.25, 0.3) is 0 Å². The number of aromatic nitrogens is 1. The summed E-state index contributed by atoms with van der Waals surface area (Å²) in [5.41, 5.74) is 5.31. The molecule has 16 heavy (non-hydrogen) atoms. The lowest BCUT2D eigenvalue weighted by atomic mass is 10.5. The number of hydrogen-bond donors (Lipinski definition) is 1. The molecule has 7 heteroatoms. The number of nitrogens with two attached hydrogens (primary N) is 1. The zero-order valence-electron chi connectivity index (χ0n) is 8.93. The molecule has 1 rings (SSSR count). The van der Waals surface area contributed by atoms with Crippen LogP contribution >= 0.6 is 0 Å². The Kier molecular flexibility index (Phi) is 4.34. The van der Waals surface area contributed by atoms with Crippen LogP contribution in [0.15, 0.2) is 23.4 Å². The SMILES string of the molecule is CCN(CCN)S(=O)(=O)c1cncc(F)c1. The fourth-order valence-corrected chi connectivity index (χ4v) is 2.71. The highest BCUT2D eigenvalue weighted by Crippen LogP contribution is 2.14. The third-order valence-electron chi connectivity index (χ3n) is 2.05. The largest absolute Gasteiger partial charge is 0.329 e. The lowest BCUT2D eigenvalue weighted by molar-refractivity contribution is 0.434. The van der Waals surface area contributed by atoms with Crippen molar-refractivity contribution in [2.24, 2.45) is 5.73 Å². The molecule has 5 nitrogen and oxygen atoms in total. The number of nitrogens with zero attached hydrogens (tertiary/aromatic N) is 2.